The van der Waals surface area contributed by atoms with Crippen LogP contribution in [0.4, 0.5) is 0 Å². The zero-order valence-electron chi connectivity index (χ0n) is 7.79. The maximum Gasteiger partial charge on any atom is 0.191 e. The maximum atomic E-state index is 9.11. The number of rotatable bonds is 2. The molecule has 2 unspecified atom stereocenters. The van der Waals surface area contributed by atoms with E-state index in [-0.39, 0.29) is 0 Å². The molecule has 0 aromatic heterocycles. The quantitative estimate of drug-likeness (QED) is 0.551. The SMILES string of the molecule is OCC1CCCC1NC1=NCCN1. The van der Waals surface area contributed by atoms with E-state index in [0.29, 0.717) is 18.6 Å². The molecule has 4 heteroatoms. The van der Waals surface area contributed by atoms with E-state index in [1.165, 1.54) is 6.42 Å². The molecular formula is C9H17N3O. The van der Waals surface area contributed by atoms with Gasteiger partial charge in [0.2, 0.25) is 0 Å². The first kappa shape index (κ1) is 8.81. The first-order valence-electron chi connectivity index (χ1n) is 5.06. The van der Waals surface area contributed by atoms with Gasteiger partial charge >= 0.3 is 0 Å². The van der Waals surface area contributed by atoms with Crippen molar-refractivity contribution in [1.29, 1.82) is 0 Å². The first-order valence-corrected chi connectivity index (χ1v) is 5.06. The van der Waals surface area contributed by atoms with Crippen LogP contribution in [0.25, 0.3) is 0 Å². The van der Waals surface area contributed by atoms with Crippen LogP contribution in [-0.4, -0.2) is 36.8 Å². The van der Waals surface area contributed by atoms with E-state index < -0.39 is 0 Å². The Bertz CT molecular complexity index is 205. The number of aliphatic imine (C=N–C) groups is 1. The number of hydrogen-bond acceptors (Lipinski definition) is 4. The third-order valence-corrected chi connectivity index (χ3v) is 2.89. The summed E-state index contributed by atoms with van der Waals surface area (Å²) in [6, 6.07) is 0.425. The summed E-state index contributed by atoms with van der Waals surface area (Å²) in [6.07, 6.45) is 3.52. The van der Waals surface area contributed by atoms with Crippen molar-refractivity contribution in [2.75, 3.05) is 19.7 Å². The fourth-order valence-corrected chi connectivity index (χ4v) is 2.12. The van der Waals surface area contributed by atoms with E-state index >= 15 is 0 Å². The molecule has 74 valence electrons. The first-order chi connectivity index (χ1) is 6.40. The van der Waals surface area contributed by atoms with E-state index in [1.54, 1.807) is 0 Å². The van der Waals surface area contributed by atoms with Gasteiger partial charge in [-0.05, 0) is 12.8 Å². The van der Waals surface area contributed by atoms with Crippen molar-refractivity contribution in [3.8, 4) is 0 Å². The van der Waals surface area contributed by atoms with Crippen LogP contribution >= 0.6 is 0 Å². The minimum atomic E-state index is 0.297. The number of aliphatic hydroxyl groups excluding tert-OH is 1. The Balaban J connectivity index is 1.86. The van der Waals surface area contributed by atoms with E-state index in [0.717, 1.165) is 31.9 Å². The van der Waals surface area contributed by atoms with Gasteiger partial charge in [-0.25, -0.2) is 0 Å². The van der Waals surface area contributed by atoms with Crippen LogP contribution in [0.5, 0.6) is 0 Å². The fraction of sp³-hybridized carbons (Fsp3) is 0.889. The van der Waals surface area contributed by atoms with Gasteiger partial charge in [-0.2, -0.15) is 0 Å². The number of aliphatic hydroxyl groups is 1. The molecule has 2 rings (SSSR count). The normalized spacial score (nSPS) is 32.8. The predicted octanol–water partition coefficient (Wildman–Crippen LogP) is -0.304. The molecule has 1 saturated carbocycles. The Morgan fingerprint density at radius 2 is 2.46 bits per heavy atom. The summed E-state index contributed by atoms with van der Waals surface area (Å²) < 4.78 is 0. The largest absolute Gasteiger partial charge is 0.396 e. The second-order valence-corrected chi connectivity index (χ2v) is 3.78. The molecule has 4 nitrogen and oxygen atoms in total. The van der Waals surface area contributed by atoms with Crippen LogP contribution in [0.3, 0.4) is 0 Å². The zero-order chi connectivity index (χ0) is 9.10. The molecule has 0 aromatic carbocycles. The molecule has 3 N–H and O–H groups in total. The van der Waals surface area contributed by atoms with Gasteiger partial charge in [-0.1, -0.05) is 6.42 Å². The Morgan fingerprint density at radius 1 is 1.54 bits per heavy atom. The lowest BCUT2D eigenvalue weighted by Gasteiger charge is -2.19. The molecule has 0 saturated heterocycles. The highest BCUT2D eigenvalue weighted by molar-refractivity contribution is 5.81. The summed E-state index contributed by atoms with van der Waals surface area (Å²) in [6.45, 7) is 2.11. The van der Waals surface area contributed by atoms with E-state index in [9.17, 15) is 0 Å². The van der Waals surface area contributed by atoms with Crippen molar-refractivity contribution < 1.29 is 5.11 Å². The minimum Gasteiger partial charge on any atom is -0.396 e. The van der Waals surface area contributed by atoms with Crippen LogP contribution in [0, 0.1) is 5.92 Å². The molecule has 0 aromatic rings. The highest BCUT2D eigenvalue weighted by atomic mass is 16.3. The van der Waals surface area contributed by atoms with Crippen molar-refractivity contribution >= 4 is 5.96 Å². The van der Waals surface area contributed by atoms with Gasteiger partial charge in [0, 0.05) is 25.1 Å². The Hall–Kier alpha value is -0.770. The average Bonchev–Trinajstić information content (AvgIpc) is 2.76. The molecular weight excluding hydrogens is 166 g/mol. The molecule has 1 heterocycles. The lowest BCUT2D eigenvalue weighted by Crippen LogP contribution is -2.43. The van der Waals surface area contributed by atoms with Gasteiger partial charge in [0.15, 0.2) is 5.96 Å². The molecule has 0 amide bonds. The van der Waals surface area contributed by atoms with Crippen molar-refractivity contribution in [2.24, 2.45) is 10.9 Å². The lowest BCUT2D eigenvalue weighted by molar-refractivity contribution is 0.212. The van der Waals surface area contributed by atoms with Crippen LogP contribution < -0.4 is 10.6 Å². The van der Waals surface area contributed by atoms with Crippen LogP contribution in [-0.2, 0) is 0 Å². The molecule has 0 bridgehead atoms. The monoisotopic (exact) mass is 183 g/mol. The van der Waals surface area contributed by atoms with Crippen molar-refractivity contribution in [3.05, 3.63) is 0 Å². The Labute approximate surface area is 78.4 Å². The van der Waals surface area contributed by atoms with E-state index in [2.05, 4.69) is 15.6 Å². The Morgan fingerprint density at radius 3 is 3.15 bits per heavy atom. The van der Waals surface area contributed by atoms with Gasteiger partial charge in [0.1, 0.15) is 0 Å². The summed E-state index contributed by atoms with van der Waals surface area (Å²) in [5.41, 5.74) is 0. The number of hydrogen-bond donors (Lipinski definition) is 3. The summed E-state index contributed by atoms with van der Waals surface area (Å²) >= 11 is 0. The van der Waals surface area contributed by atoms with Gasteiger partial charge in [-0.3, -0.25) is 4.99 Å². The minimum absolute atomic E-state index is 0.297. The summed E-state index contributed by atoms with van der Waals surface area (Å²) in [4.78, 5) is 4.28. The zero-order valence-corrected chi connectivity index (χ0v) is 7.79. The molecule has 2 atom stereocenters. The molecule has 0 spiro atoms. The number of guanidine groups is 1. The van der Waals surface area contributed by atoms with Gasteiger partial charge in [-0.15, -0.1) is 0 Å². The molecule has 1 aliphatic heterocycles. The van der Waals surface area contributed by atoms with Gasteiger partial charge in [0.05, 0.1) is 6.54 Å². The van der Waals surface area contributed by atoms with Gasteiger partial charge < -0.3 is 15.7 Å². The van der Waals surface area contributed by atoms with E-state index in [4.69, 9.17) is 5.11 Å². The lowest BCUT2D eigenvalue weighted by atomic mass is 10.1. The maximum absolute atomic E-state index is 9.11. The van der Waals surface area contributed by atoms with Crippen molar-refractivity contribution in [1.82, 2.24) is 10.6 Å². The highest BCUT2D eigenvalue weighted by Gasteiger charge is 2.27. The Kier molecular flexibility index (Phi) is 2.68. The topological polar surface area (TPSA) is 56.6 Å². The van der Waals surface area contributed by atoms with Gasteiger partial charge in [0.25, 0.3) is 0 Å². The second-order valence-electron chi connectivity index (χ2n) is 3.78. The van der Waals surface area contributed by atoms with Crippen LogP contribution in [0.1, 0.15) is 19.3 Å². The second kappa shape index (κ2) is 3.96. The average molecular weight is 183 g/mol. The third kappa shape index (κ3) is 1.94. The standard InChI is InChI=1S/C9H17N3O/c13-6-7-2-1-3-8(7)12-9-10-4-5-11-9/h7-8,13H,1-6H2,(H2,10,11,12). The summed E-state index contributed by atoms with van der Waals surface area (Å²) in [7, 11) is 0. The number of nitrogens with zero attached hydrogens (tertiary/aromatic N) is 1. The summed E-state index contributed by atoms with van der Waals surface area (Å²) in [5.74, 6) is 1.34. The van der Waals surface area contributed by atoms with E-state index in [1.807, 2.05) is 0 Å². The molecule has 1 fully saturated rings. The van der Waals surface area contributed by atoms with Crippen LogP contribution in [0.2, 0.25) is 0 Å². The fourth-order valence-electron chi connectivity index (χ4n) is 2.12. The third-order valence-electron chi connectivity index (χ3n) is 2.89. The van der Waals surface area contributed by atoms with Crippen LogP contribution in [0.15, 0.2) is 4.99 Å². The predicted molar refractivity (Wildman–Crippen MR) is 51.7 cm³/mol. The summed E-state index contributed by atoms with van der Waals surface area (Å²) in [5, 5.41) is 15.7. The highest BCUT2D eigenvalue weighted by Crippen LogP contribution is 2.24. The number of nitrogens with one attached hydrogen (secondary N) is 2. The van der Waals surface area contributed by atoms with Crippen molar-refractivity contribution in [2.45, 2.75) is 25.3 Å². The van der Waals surface area contributed by atoms with Crippen molar-refractivity contribution in [3.63, 3.8) is 0 Å². The smallest absolute Gasteiger partial charge is 0.191 e. The molecule has 2 aliphatic rings. The molecule has 13 heavy (non-hydrogen) atoms. The molecule has 1 aliphatic carbocycles. The molecule has 0 radical (unpaired) electrons.